The van der Waals surface area contributed by atoms with Gasteiger partial charge in [-0.05, 0) is 19.9 Å². The highest BCUT2D eigenvalue weighted by atomic mass is 16.5. The van der Waals surface area contributed by atoms with Crippen LogP contribution in [0.1, 0.15) is 19.3 Å². The van der Waals surface area contributed by atoms with Gasteiger partial charge in [0.25, 0.3) is 0 Å². The van der Waals surface area contributed by atoms with Gasteiger partial charge in [0.2, 0.25) is 0 Å². The van der Waals surface area contributed by atoms with E-state index in [1.54, 1.807) is 7.11 Å². The van der Waals surface area contributed by atoms with Crippen molar-refractivity contribution in [3.63, 3.8) is 0 Å². The zero-order valence-corrected chi connectivity index (χ0v) is 6.94. The molecule has 10 heavy (non-hydrogen) atoms. The van der Waals surface area contributed by atoms with Crippen LogP contribution < -0.4 is 5.32 Å². The lowest BCUT2D eigenvalue weighted by atomic mass is 9.69. The van der Waals surface area contributed by atoms with Crippen molar-refractivity contribution >= 4 is 0 Å². The summed E-state index contributed by atoms with van der Waals surface area (Å²) in [5, 5.41) is 3.22. The second-order valence-electron chi connectivity index (χ2n) is 3.32. The van der Waals surface area contributed by atoms with E-state index in [1.165, 1.54) is 19.3 Å². The van der Waals surface area contributed by atoms with Crippen LogP contribution in [0.5, 0.6) is 0 Å². The smallest absolute Gasteiger partial charge is 0.0530 e. The summed E-state index contributed by atoms with van der Waals surface area (Å²) >= 11 is 0. The Morgan fingerprint density at radius 2 is 2.20 bits per heavy atom. The lowest BCUT2D eigenvalue weighted by Crippen LogP contribution is -2.42. The van der Waals surface area contributed by atoms with Crippen LogP contribution in [0.2, 0.25) is 0 Å². The highest BCUT2D eigenvalue weighted by molar-refractivity contribution is 4.88. The second kappa shape index (κ2) is 3.35. The molecule has 0 radical (unpaired) electrons. The first-order valence-corrected chi connectivity index (χ1v) is 3.96. The Morgan fingerprint density at radius 1 is 1.50 bits per heavy atom. The fourth-order valence-electron chi connectivity index (χ4n) is 1.73. The van der Waals surface area contributed by atoms with Gasteiger partial charge < -0.3 is 10.1 Å². The van der Waals surface area contributed by atoms with Gasteiger partial charge in [0, 0.05) is 19.1 Å². The SMILES string of the molecule is CNCC1(COC)CCC1. The topological polar surface area (TPSA) is 21.3 Å². The lowest BCUT2D eigenvalue weighted by molar-refractivity contribution is 0.0194. The molecule has 0 unspecified atom stereocenters. The van der Waals surface area contributed by atoms with Gasteiger partial charge in [0.05, 0.1) is 6.61 Å². The molecule has 1 aliphatic rings. The predicted molar refractivity (Wildman–Crippen MR) is 42.1 cm³/mol. The van der Waals surface area contributed by atoms with E-state index < -0.39 is 0 Å². The van der Waals surface area contributed by atoms with E-state index in [-0.39, 0.29) is 0 Å². The van der Waals surface area contributed by atoms with E-state index in [2.05, 4.69) is 5.32 Å². The van der Waals surface area contributed by atoms with Crippen molar-refractivity contribution in [2.45, 2.75) is 19.3 Å². The standard InChI is InChI=1S/C8H17NO/c1-9-6-8(7-10-2)4-3-5-8/h9H,3-7H2,1-2H3. The minimum Gasteiger partial charge on any atom is -0.384 e. The molecule has 1 fully saturated rings. The Labute approximate surface area is 63.0 Å². The fraction of sp³-hybridized carbons (Fsp3) is 1.00. The largest absolute Gasteiger partial charge is 0.384 e. The van der Waals surface area contributed by atoms with Crippen LogP contribution in [0.15, 0.2) is 0 Å². The third kappa shape index (κ3) is 1.50. The zero-order chi connectivity index (χ0) is 7.45. The molecule has 1 aliphatic carbocycles. The number of hydrogen-bond donors (Lipinski definition) is 1. The molecule has 0 heterocycles. The molecule has 0 aliphatic heterocycles. The molecule has 0 saturated heterocycles. The van der Waals surface area contributed by atoms with Crippen molar-refractivity contribution in [3.05, 3.63) is 0 Å². The summed E-state index contributed by atoms with van der Waals surface area (Å²) in [5.74, 6) is 0. The molecule has 0 aromatic rings. The second-order valence-corrected chi connectivity index (χ2v) is 3.32. The van der Waals surface area contributed by atoms with E-state index in [0.717, 1.165) is 13.2 Å². The first-order chi connectivity index (χ1) is 4.83. The molecule has 2 heteroatoms. The molecule has 1 rings (SSSR count). The number of nitrogens with one attached hydrogen (secondary N) is 1. The highest BCUT2D eigenvalue weighted by Crippen LogP contribution is 2.40. The third-order valence-corrected chi connectivity index (χ3v) is 2.42. The van der Waals surface area contributed by atoms with Crippen LogP contribution in [0.3, 0.4) is 0 Å². The minimum atomic E-state index is 0.490. The van der Waals surface area contributed by atoms with E-state index in [9.17, 15) is 0 Å². The van der Waals surface area contributed by atoms with Crippen LogP contribution in [-0.2, 0) is 4.74 Å². The van der Waals surface area contributed by atoms with E-state index in [1.807, 2.05) is 7.05 Å². The number of hydrogen-bond acceptors (Lipinski definition) is 2. The molecule has 2 nitrogen and oxygen atoms in total. The van der Waals surface area contributed by atoms with Crippen molar-refractivity contribution < 1.29 is 4.74 Å². The molecule has 1 saturated carbocycles. The summed E-state index contributed by atoms with van der Waals surface area (Å²) in [6.45, 7) is 2.04. The number of rotatable bonds is 4. The summed E-state index contributed by atoms with van der Waals surface area (Å²) < 4.78 is 5.16. The molecular weight excluding hydrogens is 126 g/mol. The van der Waals surface area contributed by atoms with Gasteiger partial charge in [-0.3, -0.25) is 0 Å². The molecule has 0 bridgehead atoms. The molecule has 0 atom stereocenters. The van der Waals surface area contributed by atoms with Crippen LogP contribution in [0, 0.1) is 5.41 Å². The highest BCUT2D eigenvalue weighted by Gasteiger charge is 2.35. The van der Waals surface area contributed by atoms with Gasteiger partial charge in [0.15, 0.2) is 0 Å². The van der Waals surface area contributed by atoms with Crippen LogP contribution >= 0.6 is 0 Å². The summed E-state index contributed by atoms with van der Waals surface area (Å²) in [6, 6.07) is 0. The molecule has 0 spiro atoms. The van der Waals surface area contributed by atoms with Gasteiger partial charge in [0.1, 0.15) is 0 Å². The van der Waals surface area contributed by atoms with E-state index >= 15 is 0 Å². The Bertz CT molecular complexity index is 91.4. The van der Waals surface area contributed by atoms with Gasteiger partial charge in [-0.2, -0.15) is 0 Å². The Morgan fingerprint density at radius 3 is 2.50 bits per heavy atom. The normalized spacial score (nSPS) is 22.2. The molecule has 0 aromatic heterocycles. The summed E-state index contributed by atoms with van der Waals surface area (Å²) in [6.07, 6.45) is 4.05. The van der Waals surface area contributed by atoms with Crippen molar-refractivity contribution in [1.29, 1.82) is 0 Å². The quantitative estimate of drug-likeness (QED) is 0.634. The van der Waals surface area contributed by atoms with Crippen LogP contribution in [-0.4, -0.2) is 27.3 Å². The average Bonchev–Trinajstić information content (AvgIpc) is 1.84. The van der Waals surface area contributed by atoms with Crippen LogP contribution in [0.25, 0.3) is 0 Å². The maximum Gasteiger partial charge on any atom is 0.0530 e. The summed E-state index contributed by atoms with van der Waals surface area (Å²) in [4.78, 5) is 0. The van der Waals surface area contributed by atoms with E-state index in [4.69, 9.17) is 4.74 Å². The Kier molecular flexibility index (Phi) is 2.69. The molecule has 60 valence electrons. The fourth-order valence-corrected chi connectivity index (χ4v) is 1.73. The summed E-state index contributed by atoms with van der Waals surface area (Å²) in [5.41, 5.74) is 0.490. The summed E-state index contributed by atoms with van der Waals surface area (Å²) in [7, 11) is 3.80. The zero-order valence-electron chi connectivity index (χ0n) is 6.94. The monoisotopic (exact) mass is 143 g/mol. The Hall–Kier alpha value is -0.0800. The van der Waals surface area contributed by atoms with Crippen molar-refractivity contribution in [2.75, 3.05) is 27.3 Å². The molecule has 1 N–H and O–H groups in total. The predicted octanol–water partition coefficient (Wildman–Crippen LogP) is 1.02. The first-order valence-electron chi connectivity index (χ1n) is 3.96. The van der Waals surface area contributed by atoms with Crippen molar-refractivity contribution in [3.8, 4) is 0 Å². The molecular formula is C8H17NO. The number of methoxy groups -OCH3 is 1. The average molecular weight is 143 g/mol. The lowest BCUT2D eigenvalue weighted by Gasteiger charge is -2.41. The van der Waals surface area contributed by atoms with Gasteiger partial charge in [-0.15, -0.1) is 0 Å². The maximum atomic E-state index is 5.16. The van der Waals surface area contributed by atoms with E-state index in [0.29, 0.717) is 5.41 Å². The minimum absolute atomic E-state index is 0.490. The van der Waals surface area contributed by atoms with Gasteiger partial charge in [-0.25, -0.2) is 0 Å². The maximum absolute atomic E-state index is 5.16. The molecule has 0 amide bonds. The van der Waals surface area contributed by atoms with Crippen molar-refractivity contribution in [1.82, 2.24) is 5.32 Å². The number of ether oxygens (including phenoxy) is 1. The van der Waals surface area contributed by atoms with Crippen LogP contribution in [0.4, 0.5) is 0 Å². The van der Waals surface area contributed by atoms with Gasteiger partial charge >= 0.3 is 0 Å². The molecule has 0 aromatic carbocycles. The van der Waals surface area contributed by atoms with Gasteiger partial charge in [-0.1, -0.05) is 6.42 Å². The Balaban J connectivity index is 2.27. The third-order valence-electron chi connectivity index (χ3n) is 2.42. The van der Waals surface area contributed by atoms with Crippen molar-refractivity contribution in [2.24, 2.45) is 5.41 Å². The first kappa shape index (κ1) is 8.02.